The summed E-state index contributed by atoms with van der Waals surface area (Å²) in [6.45, 7) is 3.79. The van der Waals surface area contributed by atoms with Crippen LogP contribution in [0, 0.1) is 13.8 Å². The number of rotatable bonds is 9. The minimum Gasteiger partial charge on any atom is -0.374 e. The van der Waals surface area contributed by atoms with Gasteiger partial charge in [-0.1, -0.05) is 43.3 Å². The number of amidine groups is 1. The first-order chi connectivity index (χ1) is 21.9. The van der Waals surface area contributed by atoms with Crippen molar-refractivity contribution < 1.29 is 33.8 Å². The number of halogens is 7. The zero-order valence-electron chi connectivity index (χ0n) is 24.5. The third-order valence-electron chi connectivity index (χ3n) is 6.71. The van der Waals surface area contributed by atoms with Gasteiger partial charge in [0.1, 0.15) is 16.1 Å². The molecule has 1 saturated heterocycles. The highest BCUT2D eigenvalue weighted by Gasteiger charge is 2.65. The van der Waals surface area contributed by atoms with E-state index < -0.39 is 26.0 Å². The van der Waals surface area contributed by atoms with E-state index in [4.69, 9.17) is 27.9 Å². The van der Waals surface area contributed by atoms with Crippen LogP contribution < -0.4 is 10.2 Å². The molecule has 0 aliphatic carbocycles. The number of carbonyl (C=O) groups is 2. The molecular formula is C29H25Cl2F5N6O3S2. The number of aryl methyl sites for hydroxylation is 2. The van der Waals surface area contributed by atoms with Crippen molar-refractivity contribution in [2.75, 3.05) is 22.6 Å². The minimum atomic E-state index is -9.80. The zero-order valence-corrected chi connectivity index (χ0v) is 27.6. The van der Waals surface area contributed by atoms with Gasteiger partial charge in [0.2, 0.25) is 5.91 Å². The van der Waals surface area contributed by atoms with Gasteiger partial charge in [0.15, 0.2) is 11.0 Å². The molecule has 1 fully saturated rings. The average molecular weight is 736 g/mol. The first-order valence-electron chi connectivity index (χ1n) is 13.6. The molecule has 4 aromatic rings. The normalized spacial score (nSPS) is 16.1. The Morgan fingerprint density at radius 3 is 2.45 bits per heavy atom. The lowest BCUT2D eigenvalue weighted by Crippen LogP contribution is -2.31. The number of nitrogens with one attached hydrogen (secondary N) is 1. The van der Waals surface area contributed by atoms with Gasteiger partial charge in [-0.2, -0.15) is 4.99 Å². The Kier molecular flexibility index (Phi) is 9.13. The van der Waals surface area contributed by atoms with E-state index in [1.807, 2.05) is 19.1 Å². The zero-order chi connectivity index (χ0) is 34.2. The van der Waals surface area contributed by atoms with E-state index in [0.29, 0.717) is 40.2 Å². The Labute approximate surface area is 279 Å². The standard InChI is InChI=1S/C29H25Cl2F5N6O3S2/c1-17-3-4-20(13-45-14-25(30)31)24(11-17)42-26(43)15-46-29(42)39-28(44)38-23-10-5-19(12-18(23)2)27-37-16-41(40-27)21-6-8-22(9-7-21)47(32,33,34,35)36/h3-12,16,25H,13-15H2,1-2H3,(H,38,44). The van der Waals surface area contributed by atoms with Crippen molar-refractivity contribution >= 4 is 73.7 Å². The van der Waals surface area contributed by atoms with Gasteiger partial charge in [-0.05, 0) is 73.5 Å². The van der Waals surface area contributed by atoms with E-state index in [9.17, 15) is 29.0 Å². The highest BCUT2D eigenvalue weighted by atomic mass is 35.5. The second kappa shape index (κ2) is 12.4. The Morgan fingerprint density at radius 1 is 1.06 bits per heavy atom. The van der Waals surface area contributed by atoms with Gasteiger partial charge in [-0.3, -0.25) is 9.69 Å². The van der Waals surface area contributed by atoms with Gasteiger partial charge in [-0.15, -0.1) is 28.3 Å². The van der Waals surface area contributed by atoms with Gasteiger partial charge in [0, 0.05) is 16.8 Å². The third kappa shape index (κ3) is 8.43. The number of urea groups is 1. The smallest absolute Gasteiger partial charge is 0.347 e. The summed E-state index contributed by atoms with van der Waals surface area (Å²) in [6.07, 6.45) is 1.23. The van der Waals surface area contributed by atoms with Crippen molar-refractivity contribution in [3.05, 3.63) is 83.7 Å². The summed E-state index contributed by atoms with van der Waals surface area (Å²) in [6, 6.07) is 12.0. The molecule has 0 spiro atoms. The fourth-order valence-corrected chi connectivity index (χ4v) is 6.18. The van der Waals surface area contributed by atoms with E-state index >= 15 is 0 Å². The lowest BCUT2D eigenvalue weighted by Gasteiger charge is -2.40. The summed E-state index contributed by atoms with van der Waals surface area (Å²) in [5, 5.41) is 7.12. The van der Waals surface area contributed by atoms with Crippen molar-refractivity contribution in [1.82, 2.24) is 14.8 Å². The summed E-state index contributed by atoms with van der Waals surface area (Å²) in [4.78, 5) is 32.9. The molecule has 1 aliphatic heterocycles. The lowest BCUT2D eigenvalue weighted by atomic mass is 10.1. The molecule has 1 aliphatic rings. The van der Waals surface area contributed by atoms with Crippen molar-refractivity contribution in [2.24, 2.45) is 4.99 Å². The summed E-state index contributed by atoms with van der Waals surface area (Å²) in [5.74, 6) is 0.0216. The molecule has 3 amide bonds. The highest BCUT2D eigenvalue weighted by molar-refractivity contribution is 8.45. The van der Waals surface area contributed by atoms with Gasteiger partial charge in [-0.25, -0.2) is 14.5 Å². The summed E-state index contributed by atoms with van der Waals surface area (Å²) in [7, 11) is -9.80. The van der Waals surface area contributed by atoms with Crippen molar-refractivity contribution in [2.45, 2.75) is 30.2 Å². The molecule has 0 saturated carbocycles. The molecule has 3 aromatic carbocycles. The van der Waals surface area contributed by atoms with Crippen molar-refractivity contribution in [3.63, 3.8) is 0 Å². The lowest BCUT2D eigenvalue weighted by molar-refractivity contribution is -0.115. The Hall–Kier alpha value is -3.70. The summed E-state index contributed by atoms with van der Waals surface area (Å²) in [5.41, 5.74) is 3.71. The average Bonchev–Trinajstić information content (AvgIpc) is 3.61. The number of ether oxygens (including phenoxy) is 1. The molecule has 0 atom stereocenters. The Morgan fingerprint density at radius 2 is 1.79 bits per heavy atom. The largest absolute Gasteiger partial charge is 0.374 e. The molecule has 9 nitrogen and oxygen atoms in total. The molecule has 47 heavy (non-hydrogen) atoms. The van der Waals surface area contributed by atoms with E-state index in [2.05, 4.69) is 20.4 Å². The maximum Gasteiger partial charge on any atom is 0.347 e. The monoisotopic (exact) mass is 734 g/mol. The van der Waals surface area contributed by atoms with E-state index in [0.717, 1.165) is 34.1 Å². The fraction of sp³-hybridized carbons (Fsp3) is 0.207. The molecule has 0 radical (unpaired) electrons. The number of anilines is 2. The predicted octanol–water partition coefficient (Wildman–Crippen LogP) is 9.20. The van der Waals surface area contributed by atoms with Crippen LogP contribution in [-0.2, 0) is 16.1 Å². The van der Waals surface area contributed by atoms with E-state index in [1.165, 1.54) is 11.2 Å². The van der Waals surface area contributed by atoms with Gasteiger partial charge < -0.3 is 10.1 Å². The molecule has 1 N–H and O–H groups in total. The maximum atomic E-state index is 13.1. The molecular weight excluding hydrogens is 710 g/mol. The van der Waals surface area contributed by atoms with Crippen LogP contribution in [0.5, 0.6) is 0 Å². The number of aromatic nitrogens is 3. The molecule has 1 aromatic heterocycles. The number of thioether (sulfide) groups is 1. The van der Waals surface area contributed by atoms with Crippen LogP contribution in [0.15, 0.2) is 76.9 Å². The third-order valence-corrected chi connectivity index (χ3v) is 9.05. The van der Waals surface area contributed by atoms with Gasteiger partial charge >= 0.3 is 16.3 Å². The number of nitrogens with zero attached hydrogens (tertiary/aromatic N) is 5. The molecule has 0 bridgehead atoms. The predicted molar refractivity (Wildman–Crippen MR) is 176 cm³/mol. The number of hydrogen-bond donors (Lipinski definition) is 1. The summed E-state index contributed by atoms with van der Waals surface area (Å²) < 4.78 is 72.0. The van der Waals surface area contributed by atoms with Crippen LogP contribution in [0.2, 0.25) is 0 Å². The number of aliphatic imine (C=N–C) groups is 1. The van der Waals surface area contributed by atoms with Crippen LogP contribution in [0.1, 0.15) is 16.7 Å². The first kappa shape index (κ1) is 34.6. The second-order valence-corrected chi connectivity index (χ2v) is 15.0. The number of benzene rings is 3. The number of carbonyl (C=O) groups excluding carboxylic acids is 2. The van der Waals surface area contributed by atoms with Crippen LogP contribution in [0.3, 0.4) is 0 Å². The SMILES string of the molecule is Cc1ccc(COCC(Cl)Cl)c(N2C(=O)CSC2=NC(=O)Nc2ccc(-c3ncn(-c4ccc(S(F)(F)(F)(F)F)cc4)n3)cc2C)c1. The van der Waals surface area contributed by atoms with Gasteiger partial charge in [0.05, 0.1) is 30.3 Å². The molecule has 5 rings (SSSR count). The van der Waals surface area contributed by atoms with E-state index in [-0.39, 0.29) is 41.6 Å². The van der Waals surface area contributed by atoms with Crippen LogP contribution in [0.25, 0.3) is 17.1 Å². The van der Waals surface area contributed by atoms with Crippen LogP contribution in [-0.4, -0.2) is 49.1 Å². The maximum absolute atomic E-state index is 13.1. The minimum absolute atomic E-state index is 0.0827. The second-order valence-electron chi connectivity index (χ2n) is 10.4. The Balaban J connectivity index is 1.31. The van der Waals surface area contributed by atoms with Crippen molar-refractivity contribution in [3.8, 4) is 17.1 Å². The highest BCUT2D eigenvalue weighted by Crippen LogP contribution is 3.02. The number of hydrogen-bond acceptors (Lipinski definition) is 6. The topological polar surface area (TPSA) is 102 Å². The first-order valence-corrected chi connectivity index (χ1v) is 17.4. The quantitative estimate of drug-likeness (QED) is 0.136. The van der Waals surface area contributed by atoms with E-state index in [1.54, 1.807) is 31.2 Å². The van der Waals surface area contributed by atoms with Crippen LogP contribution in [0.4, 0.5) is 35.6 Å². The molecule has 2 heterocycles. The van der Waals surface area contributed by atoms with Crippen molar-refractivity contribution in [1.29, 1.82) is 0 Å². The molecule has 0 unspecified atom stereocenters. The summed E-state index contributed by atoms with van der Waals surface area (Å²) >= 11 is 12.6. The molecule has 18 heteroatoms. The fourth-order valence-electron chi connectivity index (χ4n) is 4.49. The van der Waals surface area contributed by atoms with Crippen LogP contribution >= 0.6 is 45.2 Å². The number of amides is 3. The molecule has 250 valence electrons. The number of alkyl halides is 2. The Bertz CT molecular complexity index is 1890. The van der Waals surface area contributed by atoms with Gasteiger partial charge in [0.25, 0.3) is 0 Å².